The molecule has 0 unspecified atom stereocenters. The summed E-state index contributed by atoms with van der Waals surface area (Å²) in [4.78, 5) is 1.17. The van der Waals surface area contributed by atoms with E-state index in [1.165, 1.54) is 9.58 Å². The molecule has 0 aliphatic heterocycles. The average molecular weight is 322 g/mol. The first kappa shape index (κ1) is 13.9. The zero-order valence-electron chi connectivity index (χ0n) is 10.7. The van der Waals surface area contributed by atoms with Crippen molar-refractivity contribution >= 4 is 44.6 Å². The van der Waals surface area contributed by atoms with Gasteiger partial charge in [-0.25, -0.2) is 0 Å². The van der Waals surface area contributed by atoms with Crippen molar-refractivity contribution in [1.82, 2.24) is 5.32 Å². The number of halogens is 2. The smallest absolute Gasteiger partial charge is 0.0636 e. The minimum atomic E-state index is 0.740. The fourth-order valence-corrected chi connectivity index (χ4v) is 3.80. The van der Waals surface area contributed by atoms with Gasteiger partial charge < -0.3 is 5.32 Å². The van der Waals surface area contributed by atoms with Crippen LogP contribution in [0.1, 0.15) is 10.4 Å². The van der Waals surface area contributed by atoms with Crippen molar-refractivity contribution in [1.29, 1.82) is 0 Å². The van der Waals surface area contributed by atoms with Gasteiger partial charge in [0.15, 0.2) is 0 Å². The maximum Gasteiger partial charge on any atom is 0.0636 e. The van der Waals surface area contributed by atoms with Crippen LogP contribution in [0.4, 0.5) is 0 Å². The molecule has 3 aromatic rings. The number of rotatable bonds is 4. The Morgan fingerprint density at radius 3 is 2.45 bits per heavy atom. The maximum absolute atomic E-state index is 6.41. The van der Waals surface area contributed by atoms with Crippen molar-refractivity contribution in [3.63, 3.8) is 0 Å². The number of thiophene rings is 1. The molecule has 0 saturated carbocycles. The zero-order chi connectivity index (χ0) is 13.9. The third-order valence-electron chi connectivity index (χ3n) is 3.16. The van der Waals surface area contributed by atoms with E-state index in [0.717, 1.165) is 34.1 Å². The van der Waals surface area contributed by atoms with Gasteiger partial charge in [0.25, 0.3) is 0 Å². The van der Waals surface area contributed by atoms with Crippen LogP contribution in [0.25, 0.3) is 10.1 Å². The first-order chi connectivity index (χ1) is 9.75. The van der Waals surface area contributed by atoms with Gasteiger partial charge in [-0.15, -0.1) is 11.3 Å². The van der Waals surface area contributed by atoms with Gasteiger partial charge in [0, 0.05) is 33.1 Å². The largest absolute Gasteiger partial charge is 0.308 e. The minimum absolute atomic E-state index is 0.740. The molecule has 0 amide bonds. The standard InChI is InChI=1S/C16H13Cl2NS/c17-13-7-3-1-5-11(13)9-19-10-15-16(18)12-6-2-4-8-14(12)20-15/h1-8,19H,9-10H2. The maximum atomic E-state index is 6.41. The monoisotopic (exact) mass is 321 g/mol. The van der Waals surface area contributed by atoms with Gasteiger partial charge in [-0.3, -0.25) is 0 Å². The molecule has 1 N–H and O–H groups in total. The van der Waals surface area contributed by atoms with E-state index in [1.807, 2.05) is 36.4 Å². The van der Waals surface area contributed by atoms with E-state index in [0.29, 0.717) is 0 Å². The Morgan fingerprint density at radius 2 is 1.65 bits per heavy atom. The highest BCUT2D eigenvalue weighted by atomic mass is 35.5. The summed E-state index contributed by atoms with van der Waals surface area (Å²) in [6, 6.07) is 16.1. The number of fused-ring (bicyclic) bond motifs is 1. The van der Waals surface area contributed by atoms with Gasteiger partial charge in [0.1, 0.15) is 0 Å². The highest BCUT2D eigenvalue weighted by molar-refractivity contribution is 7.19. The lowest BCUT2D eigenvalue weighted by atomic mass is 10.2. The van der Waals surface area contributed by atoms with Gasteiger partial charge in [-0.05, 0) is 17.7 Å². The zero-order valence-corrected chi connectivity index (χ0v) is 13.0. The molecule has 0 atom stereocenters. The molecule has 2 aromatic carbocycles. The quantitative estimate of drug-likeness (QED) is 0.669. The molecule has 0 radical (unpaired) electrons. The second-order valence-corrected chi connectivity index (χ2v) is 6.45. The van der Waals surface area contributed by atoms with Crippen LogP contribution in [0.15, 0.2) is 48.5 Å². The molecule has 20 heavy (non-hydrogen) atoms. The Kier molecular flexibility index (Phi) is 4.27. The van der Waals surface area contributed by atoms with E-state index in [4.69, 9.17) is 23.2 Å². The molecule has 0 aliphatic rings. The molecule has 0 fully saturated rings. The average Bonchev–Trinajstić information content (AvgIpc) is 2.78. The van der Waals surface area contributed by atoms with Crippen LogP contribution in [0.5, 0.6) is 0 Å². The van der Waals surface area contributed by atoms with Crippen molar-refractivity contribution in [3.05, 3.63) is 69.0 Å². The van der Waals surface area contributed by atoms with E-state index < -0.39 is 0 Å². The van der Waals surface area contributed by atoms with Crippen LogP contribution in [0.3, 0.4) is 0 Å². The SMILES string of the molecule is Clc1ccccc1CNCc1sc2ccccc2c1Cl. The summed E-state index contributed by atoms with van der Waals surface area (Å²) in [6.07, 6.45) is 0. The summed E-state index contributed by atoms with van der Waals surface area (Å²) < 4.78 is 1.23. The second-order valence-electron chi connectivity index (χ2n) is 4.53. The summed E-state index contributed by atoms with van der Waals surface area (Å²) in [5, 5.41) is 6.19. The lowest BCUT2D eigenvalue weighted by Gasteiger charge is -2.05. The minimum Gasteiger partial charge on any atom is -0.308 e. The molecule has 4 heteroatoms. The van der Waals surface area contributed by atoms with Crippen LogP contribution in [-0.4, -0.2) is 0 Å². The molecule has 0 aliphatic carbocycles. The number of hydrogen-bond acceptors (Lipinski definition) is 2. The van der Waals surface area contributed by atoms with Crippen molar-refractivity contribution in [3.8, 4) is 0 Å². The summed E-state index contributed by atoms with van der Waals surface area (Å²) in [6.45, 7) is 1.49. The van der Waals surface area contributed by atoms with Crippen molar-refractivity contribution in [2.45, 2.75) is 13.1 Å². The highest BCUT2D eigenvalue weighted by Crippen LogP contribution is 2.35. The number of nitrogens with one attached hydrogen (secondary N) is 1. The lowest BCUT2D eigenvalue weighted by Crippen LogP contribution is -2.12. The second kappa shape index (κ2) is 6.15. The van der Waals surface area contributed by atoms with Crippen LogP contribution in [0.2, 0.25) is 10.0 Å². The fraction of sp³-hybridized carbons (Fsp3) is 0.125. The van der Waals surface area contributed by atoms with Gasteiger partial charge in [0.05, 0.1) is 5.02 Å². The third-order valence-corrected chi connectivity index (χ3v) is 5.24. The lowest BCUT2D eigenvalue weighted by molar-refractivity contribution is 0.701. The van der Waals surface area contributed by atoms with E-state index in [-0.39, 0.29) is 0 Å². The van der Waals surface area contributed by atoms with E-state index >= 15 is 0 Å². The van der Waals surface area contributed by atoms with Crippen molar-refractivity contribution in [2.75, 3.05) is 0 Å². The van der Waals surface area contributed by atoms with Gasteiger partial charge in [-0.2, -0.15) is 0 Å². The summed E-state index contributed by atoms with van der Waals surface area (Å²) in [7, 11) is 0. The topological polar surface area (TPSA) is 12.0 Å². The molecule has 0 spiro atoms. The Hall–Kier alpha value is -1.06. The van der Waals surface area contributed by atoms with Crippen LogP contribution in [-0.2, 0) is 13.1 Å². The first-order valence-corrected chi connectivity index (χ1v) is 7.93. The normalized spacial score (nSPS) is 11.1. The molecular formula is C16H13Cl2NS. The van der Waals surface area contributed by atoms with Crippen LogP contribution in [0, 0.1) is 0 Å². The predicted molar refractivity (Wildman–Crippen MR) is 88.8 cm³/mol. The van der Waals surface area contributed by atoms with Gasteiger partial charge >= 0.3 is 0 Å². The van der Waals surface area contributed by atoms with Gasteiger partial charge in [-0.1, -0.05) is 59.6 Å². The Morgan fingerprint density at radius 1 is 0.900 bits per heavy atom. The summed E-state index contributed by atoms with van der Waals surface area (Å²) in [5.41, 5.74) is 1.10. The van der Waals surface area contributed by atoms with Crippen molar-refractivity contribution in [2.24, 2.45) is 0 Å². The molecule has 3 rings (SSSR count). The Bertz CT molecular complexity index is 736. The molecule has 1 heterocycles. The van der Waals surface area contributed by atoms with E-state index in [9.17, 15) is 0 Å². The van der Waals surface area contributed by atoms with E-state index in [2.05, 4.69) is 17.4 Å². The summed E-state index contributed by atoms with van der Waals surface area (Å²) in [5.74, 6) is 0. The van der Waals surface area contributed by atoms with Crippen molar-refractivity contribution < 1.29 is 0 Å². The third kappa shape index (κ3) is 2.84. The molecule has 1 nitrogen and oxygen atoms in total. The number of benzene rings is 2. The molecular weight excluding hydrogens is 309 g/mol. The van der Waals surface area contributed by atoms with Gasteiger partial charge in [0.2, 0.25) is 0 Å². The molecule has 0 bridgehead atoms. The molecule has 1 aromatic heterocycles. The van der Waals surface area contributed by atoms with Crippen LogP contribution >= 0.6 is 34.5 Å². The highest BCUT2D eigenvalue weighted by Gasteiger charge is 2.09. The Labute approximate surface area is 132 Å². The predicted octanol–water partition coefficient (Wildman–Crippen LogP) is 5.50. The molecule has 102 valence electrons. The first-order valence-electron chi connectivity index (χ1n) is 6.36. The van der Waals surface area contributed by atoms with Crippen LogP contribution < -0.4 is 5.32 Å². The Balaban J connectivity index is 1.71. The van der Waals surface area contributed by atoms with E-state index in [1.54, 1.807) is 11.3 Å². The summed E-state index contributed by atoms with van der Waals surface area (Å²) >= 11 is 14.3. The number of hydrogen-bond donors (Lipinski definition) is 1. The fourth-order valence-electron chi connectivity index (χ4n) is 2.13. The molecule has 0 saturated heterocycles.